The van der Waals surface area contributed by atoms with Crippen molar-refractivity contribution in [3.05, 3.63) is 107 Å². The lowest BCUT2D eigenvalue weighted by molar-refractivity contribution is -0.137. The van der Waals surface area contributed by atoms with E-state index in [1.165, 1.54) is 11.8 Å². The number of aliphatic carboxylic acids is 1. The fourth-order valence-electron chi connectivity index (χ4n) is 3.07. The Bertz CT molecular complexity index is 846. The zero-order valence-corrected chi connectivity index (χ0v) is 16.2. The van der Waals surface area contributed by atoms with Gasteiger partial charge in [-0.3, -0.25) is 4.79 Å². The summed E-state index contributed by atoms with van der Waals surface area (Å²) in [6.45, 7) is 0. The summed E-state index contributed by atoms with van der Waals surface area (Å²) < 4.78 is -0.597. The highest BCUT2D eigenvalue weighted by Crippen LogP contribution is 2.48. The quantitative estimate of drug-likeness (QED) is 0.563. The Morgan fingerprint density at radius 3 is 1.78 bits per heavy atom. The molecular weight excluding hydrogens is 378 g/mol. The number of halogens is 1. The van der Waals surface area contributed by atoms with E-state index in [4.69, 9.17) is 17.3 Å². The Balaban J connectivity index is 2.21. The van der Waals surface area contributed by atoms with Crippen molar-refractivity contribution in [3.8, 4) is 0 Å². The highest BCUT2D eigenvalue weighted by Gasteiger charge is 2.37. The van der Waals surface area contributed by atoms with Crippen LogP contribution in [0.5, 0.6) is 0 Å². The van der Waals surface area contributed by atoms with Crippen LogP contribution in [0.15, 0.2) is 84.9 Å². The average molecular weight is 398 g/mol. The van der Waals surface area contributed by atoms with Gasteiger partial charge in [-0.2, -0.15) is 0 Å². The second kappa shape index (κ2) is 8.61. The van der Waals surface area contributed by atoms with Crippen LogP contribution in [-0.4, -0.2) is 22.9 Å². The summed E-state index contributed by atoms with van der Waals surface area (Å²) >= 11 is 7.64. The summed E-state index contributed by atoms with van der Waals surface area (Å²) in [4.78, 5) is 11.3. The first kappa shape index (κ1) is 19.5. The highest BCUT2D eigenvalue weighted by atomic mass is 35.5. The Labute approximate surface area is 168 Å². The van der Waals surface area contributed by atoms with Crippen LogP contribution in [-0.2, 0) is 9.54 Å². The zero-order valence-electron chi connectivity index (χ0n) is 14.6. The molecule has 0 spiro atoms. The molecule has 0 aliphatic rings. The van der Waals surface area contributed by atoms with E-state index in [2.05, 4.69) is 24.3 Å². The third kappa shape index (κ3) is 4.19. The van der Waals surface area contributed by atoms with Gasteiger partial charge in [0, 0.05) is 10.8 Å². The lowest BCUT2D eigenvalue weighted by atomic mass is 9.84. The van der Waals surface area contributed by atoms with Crippen LogP contribution in [0.2, 0.25) is 5.02 Å². The molecule has 0 radical (unpaired) electrons. The summed E-state index contributed by atoms with van der Waals surface area (Å²) in [6, 6.07) is 26.8. The maximum absolute atomic E-state index is 11.3. The molecular formula is C22H20ClNO2S. The molecule has 3 aromatic carbocycles. The lowest BCUT2D eigenvalue weighted by Gasteiger charge is -2.36. The summed E-state index contributed by atoms with van der Waals surface area (Å²) in [5.41, 5.74) is 8.97. The molecule has 0 aliphatic heterocycles. The normalized spacial score (nSPS) is 12.5. The van der Waals surface area contributed by atoms with Crippen molar-refractivity contribution in [2.45, 2.75) is 10.8 Å². The van der Waals surface area contributed by atoms with Crippen molar-refractivity contribution >= 4 is 29.3 Å². The smallest absolute Gasteiger partial charge is 0.321 e. The van der Waals surface area contributed by atoms with Gasteiger partial charge in [-0.25, -0.2) is 0 Å². The molecule has 0 saturated heterocycles. The number of hydrogen-bond donors (Lipinski definition) is 2. The number of carboxylic acid groups (broad SMARTS) is 1. The summed E-state index contributed by atoms with van der Waals surface area (Å²) in [6.07, 6.45) is 0. The molecule has 0 aromatic heterocycles. The van der Waals surface area contributed by atoms with E-state index < -0.39 is 16.8 Å². The van der Waals surface area contributed by atoms with Crippen LogP contribution in [0.1, 0.15) is 16.7 Å². The van der Waals surface area contributed by atoms with Gasteiger partial charge >= 0.3 is 5.97 Å². The maximum atomic E-state index is 11.3. The van der Waals surface area contributed by atoms with Crippen LogP contribution in [0.25, 0.3) is 0 Å². The summed E-state index contributed by atoms with van der Waals surface area (Å²) in [5.74, 6) is -0.740. The molecule has 0 unspecified atom stereocenters. The van der Waals surface area contributed by atoms with Gasteiger partial charge in [-0.1, -0.05) is 84.4 Å². The maximum Gasteiger partial charge on any atom is 0.321 e. The van der Waals surface area contributed by atoms with Crippen molar-refractivity contribution in [1.82, 2.24) is 0 Å². The van der Waals surface area contributed by atoms with E-state index in [9.17, 15) is 9.90 Å². The molecule has 5 heteroatoms. The molecule has 0 fully saturated rings. The minimum absolute atomic E-state index is 0.266. The molecule has 138 valence electrons. The third-order valence-electron chi connectivity index (χ3n) is 4.41. The second-order valence-corrected chi connectivity index (χ2v) is 7.85. The van der Waals surface area contributed by atoms with E-state index >= 15 is 0 Å². The molecule has 0 heterocycles. The van der Waals surface area contributed by atoms with Crippen molar-refractivity contribution < 1.29 is 9.90 Å². The minimum atomic E-state index is -1.01. The van der Waals surface area contributed by atoms with Gasteiger partial charge in [0.25, 0.3) is 0 Å². The highest BCUT2D eigenvalue weighted by molar-refractivity contribution is 8.00. The Kier molecular flexibility index (Phi) is 6.22. The minimum Gasteiger partial charge on any atom is -0.480 e. The van der Waals surface area contributed by atoms with E-state index in [-0.39, 0.29) is 5.75 Å². The number of hydrogen-bond acceptors (Lipinski definition) is 3. The van der Waals surface area contributed by atoms with Crippen LogP contribution in [0.4, 0.5) is 0 Å². The molecule has 3 N–H and O–H groups in total. The number of nitrogens with two attached hydrogens (primary N) is 1. The standard InChI is InChI=1S/C22H20ClNO2S/c23-19-13-11-18(12-14-19)22(16-7-3-1-4-8-16,17-9-5-2-6-10-17)27-15-20(24)21(25)26/h1-14,20H,15,24H2,(H,25,26)/t20-/m1/s1. The first-order valence-corrected chi connectivity index (χ1v) is 9.90. The van der Waals surface area contributed by atoms with E-state index in [0.29, 0.717) is 5.02 Å². The van der Waals surface area contributed by atoms with Gasteiger partial charge in [-0.15, -0.1) is 11.8 Å². The topological polar surface area (TPSA) is 63.3 Å². The van der Waals surface area contributed by atoms with Crippen LogP contribution in [0.3, 0.4) is 0 Å². The van der Waals surface area contributed by atoms with Gasteiger partial charge in [0.1, 0.15) is 6.04 Å². The molecule has 3 nitrogen and oxygen atoms in total. The molecule has 3 rings (SSSR count). The zero-order chi connectivity index (χ0) is 19.3. The second-order valence-electron chi connectivity index (χ2n) is 6.18. The van der Waals surface area contributed by atoms with Crippen molar-refractivity contribution in [2.75, 3.05) is 5.75 Å². The van der Waals surface area contributed by atoms with Crippen molar-refractivity contribution in [2.24, 2.45) is 5.73 Å². The number of carboxylic acids is 1. The average Bonchev–Trinajstić information content (AvgIpc) is 2.71. The molecule has 1 atom stereocenters. The number of rotatable bonds is 7. The summed E-state index contributed by atoms with van der Waals surface area (Å²) in [5, 5.41) is 9.92. The number of carbonyl (C=O) groups is 1. The van der Waals surface area contributed by atoms with Crippen LogP contribution < -0.4 is 5.73 Å². The Morgan fingerprint density at radius 2 is 1.33 bits per heavy atom. The van der Waals surface area contributed by atoms with Crippen molar-refractivity contribution in [1.29, 1.82) is 0 Å². The Hall–Kier alpha value is -2.27. The third-order valence-corrected chi connectivity index (χ3v) is 6.33. The van der Waals surface area contributed by atoms with Crippen molar-refractivity contribution in [3.63, 3.8) is 0 Å². The molecule has 0 aliphatic carbocycles. The predicted octanol–water partition coefficient (Wildman–Crippen LogP) is 4.78. The molecule has 0 amide bonds. The van der Waals surface area contributed by atoms with Gasteiger partial charge in [0.2, 0.25) is 0 Å². The fourth-order valence-corrected chi connectivity index (χ4v) is 4.67. The molecule has 0 bridgehead atoms. The Morgan fingerprint density at radius 1 is 0.889 bits per heavy atom. The molecule has 0 saturated carbocycles. The van der Waals surface area contributed by atoms with Crippen LogP contribution >= 0.6 is 23.4 Å². The summed E-state index contributed by atoms with van der Waals surface area (Å²) in [7, 11) is 0. The van der Waals surface area contributed by atoms with E-state index in [1.807, 2.05) is 60.7 Å². The van der Waals surface area contributed by atoms with E-state index in [1.54, 1.807) is 0 Å². The van der Waals surface area contributed by atoms with Gasteiger partial charge in [0.05, 0.1) is 4.75 Å². The SMILES string of the molecule is N[C@H](CSC(c1ccccc1)(c1ccccc1)c1ccc(Cl)cc1)C(=O)O. The lowest BCUT2D eigenvalue weighted by Crippen LogP contribution is -2.36. The fraction of sp³-hybridized carbons (Fsp3) is 0.136. The first-order chi connectivity index (χ1) is 13.0. The largest absolute Gasteiger partial charge is 0.480 e. The predicted molar refractivity (Wildman–Crippen MR) is 112 cm³/mol. The van der Waals surface area contributed by atoms with E-state index in [0.717, 1.165) is 16.7 Å². The number of benzene rings is 3. The number of thioether (sulfide) groups is 1. The van der Waals surface area contributed by atoms with Gasteiger partial charge < -0.3 is 10.8 Å². The molecule has 27 heavy (non-hydrogen) atoms. The van der Waals surface area contributed by atoms with Gasteiger partial charge in [0.15, 0.2) is 0 Å². The van der Waals surface area contributed by atoms with Crippen LogP contribution in [0, 0.1) is 0 Å². The first-order valence-electron chi connectivity index (χ1n) is 8.53. The molecule has 3 aromatic rings. The monoisotopic (exact) mass is 397 g/mol. The van der Waals surface area contributed by atoms with Gasteiger partial charge in [-0.05, 0) is 28.8 Å².